The summed E-state index contributed by atoms with van der Waals surface area (Å²) in [5, 5.41) is 5.70. The van der Waals surface area contributed by atoms with E-state index in [-0.39, 0.29) is 29.1 Å². The van der Waals surface area contributed by atoms with Gasteiger partial charge in [0.25, 0.3) is 0 Å². The third-order valence-corrected chi connectivity index (χ3v) is 4.83. The Balaban J connectivity index is 1.79. The van der Waals surface area contributed by atoms with Gasteiger partial charge in [-0.05, 0) is 55.2 Å². The molecular weight excluding hydrogens is 462 g/mol. The van der Waals surface area contributed by atoms with Gasteiger partial charge < -0.3 is 10.6 Å². The number of rotatable bonds is 1. The smallest absolute Gasteiger partial charge is 0.354 e. The van der Waals surface area contributed by atoms with Crippen LogP contribution < -0.4 is 10.6 Å². The van der Waals surface area contributed by atoms with Gasteiger partial charge in [-0.1, -0.05) is 18.2 Å². The number of aromatic nitrogens is 4. The van der Waals surface area contributed by atoms with Crippen LogP contribution in [0.1, 0.15) is 29.7 Å². The van der Waals surface area contributed by atoms with Crippen molar-refractivity contribution in [1.29, 1.82) is 0 Å². The van der Waals surface area contributed by atoms with Gasteiger partial charge in [0.1, 0.15) is 11.4 Å². The molecule has 2 aromatic heterocycles. The maximum atomic E-state index is 13.4. The molecule has 0 radical (unpaired) electrons. The van der Waals surface area contributed by atoms with Crippen molar-refractivity contribution >= 4 is 17.6 Å². The number of pyridine rings is 1. The minimum absolute atomic E-state index is 0.0555. The highest BCUT2D eigenvalue weighted by Gasteiger charge is 2.33. The predicted octanol–water partition coefficient (Wildman–Crippen LogP) is 6.02. The molecule has 1 aliphatic heterocycles. The third kappa shape index (κ3) is 5.80. The number of hydrogen-bond donors (Lipinski definition) is 2. The van der Waals surface area contributed by atoms with E-state index in [0.29, 0.717) is 31.4 Å². The van der Waals surface area contributed by atoms with E-state index in [1.807, 2.05) is 6.08 Å². The van der Waals surface area contributed by atoms with Crippen LogP contribution in [0.25, 0.3) is 11.5 Å². The van der Waals surface area contributed by atoms with Crippen molar-refractivity contribution in [2.75, 3.05) is 17.2 Å². The van der Waals surface area contributed by atoms with Crippen LogP contribution in [0.2, 0.25) is 0 Å². The number of nitrogens with one attached hydrogen (secondary N) is 2. The van der Waals surface area contributed by atoms with E-state index in [1.54, 1.807) is 6.08 Å². The maximum Gasteiger partial charge on any atom is 0.433 e. The molecule has 0 unspecified atom stereocenters. The van der Waals surface area contributed by atoms with Crippen molar-refractivity contribution < 1.29 is 26.3 Å². The van der Waals surface area contributed by atoms with Crippen LogP contribution in [0.5, 0.6) is 0 Å². The highest BCUT2D eigenvalue weighted by molar-refractivity contribution is 5.60. The molecule has 3 aromatic rings. The summed E-state index contributed by atoms with van der Waals surface area (Å²) in [6.07, 6.45) is -3.92. The molecule has 0 fully saturated rings. The summed E-state index contributed by atoms with van der Waals surface area (Å²) in [6, 6.07) is 6.82. The first-order chi connectivity index (χ1) is 16.1. The zero-order valence-corrected chi connectivity index (χ0v) is 17.5. The Labute approximate surface area is 190 Å². The number of fused-ring (bicyclic) bond motifs is 4. The monoisotopic (exact) mass is 480 g/mol. The van der Waals surface area contributed by atoms with E-state index >= 15 is 0 Å². The topological polar surface area (TPSA) is 75.6 Å². The number of nitrogens with zero attached hydrogens (tertiary/aromatic N) is 4. The normalized spacial score (nSPS) is 15.6. The van der Waals surface area contributed by atoms with Crippen LogP contribution in [0.15, 0.2) is 48.6 Å². The largest absolute Gasteiger partial charge is 0.433 e. The van der Waals surface area contributed by atoms with Crippen LogP contribution >= 0.6 is 0 Å². The van der Waals surface area contributed by atoms with Crippen LogP contribution in [0.3, 0.4) is 0 Å². The molecule has 3 heterocycles. The Morgan fingerprint density at radius 3 is 2.35 bits per heavy atom. The average molecular weight is 480 g/mol. The maximum absolute atomic E-state index is 13.4. The van der Waals surface area contributed by atoms with Crippen LogP contribution in [-0.2, 0) is 18.8 Å². The number of anilines is 3. The van der Waals surface area contributed by atoms with Gasteiger partial charge in [-0.3, -0.25) is 0 Å². The minimum atomic E-state index is -4.67. The zero-order chi connectivity index (χ0) is 24.3. The van der Waals surface area contributed by atoms with Crippen molar-refractivity contribution in [3.63, 3.8) is 0 Å². The number of halogens is 6. The van der Waals surface area contributed by atoms with Gasteiger partial charge in [-0.2, -0.15) is 41.3 Å². The molecule has 0 aliphatic carbocycles. The van der Waals surface area contributed by atoms with Gasteiger partial charge in [0.15, 0.2) is 5.82 Å². The molecule has 6 nitrogen and oxygen atoms in total. The number of allylic oxidation sites excluding steroid dienone is 2. The second-order valence-electron chi connectivity index (χ2n) is 7.50. The van der Waals surface area contributed by atoms with Gasteiger partial charge in [0.2, 0.25) is 11.9 Å². The lowest BCUT2D eigenvalue weighted by atomic mass is 10.1. The van der Waals surface area contributed by atoms with E-state index in [1.165, 1.54) is 18.2 Å². The van der Waals surface area contributed by atoms with E-state index in [2.05, 4.69) is 30.6 Å². The average Bonchev–Trinajstić information content (AvgIpc) is 2.76. The van der Waals surface area contributed by atoms with Crippen molar-refractivity contribution in [3.05, 3.63) is 65.4 Å². The first kappa shape index (κ1) is 23.5. The van der Waals surface area contributed by atoms with Gasteiger partial charge in [0.05, 0.1) is 5.56 Å². The number of alkyl halides is 6. The molecule has 0 amide bonds. The molecule has 2 N–H and O–H groups in total. The molecule has 4 bridgehead atoms. The molecule has 0 saturated carbocycles. The molecular formula is C22H18F6N6. The summed E-state index contributed by atoms with van der Waals surface area (Å²) in [7, 11) is 0. The van der Waals surface area contributed by atoms with Gasteiger partial charge in [-0.15, -0.1) is 0 Å². The lowest BCUT2D eigenvalue weighted by Crippen LogP contribution is -2.12. The minimum Gasteiger partial charge on any atom is -0.354 e. The fourth-order valence-corrected chi connectivity index (χ4v) is 3.27. The zero-order valence-electron chi connectivity index (χ0n) is 17.5. The lowest BCUT2D eigenvalue weighted by Gasteiger charge is -2.14. The first-order valence-electron chi connectivity index (χ1n) is 10.3. The van der Waals surface area contributed by atoms with Gasteiger partial charge >= 0.3 is 12.4 Å². The van der Waals surface area contributed by atoms with E-state index in [9.17, 15) is 26.3 Å². The Bertz CT molecular complexity index is 1210. The summed E-state index contributed by atoms with van der Waals surface area (Å²) in [6.45, 7) is 0.465. The van der Waals surface area contributed by atoms with Crippen molar-refractivity contribution in [2.24, 2.45) is 0 Å². The summed E-state index contributed by atoms with van der Waals surface area (Å²) < 4.78 is 79.6. The summed E-state index contributed by atoms with van der Waals surface area (Å²) in [4.78, 5) is 16.0. The summed E-state index contributed by atoms with van der Waals surface area (Å²) in [5.41, 5.74) is -1.61. The molecule has 1 aliphatic rings. The Morgan fingerprint density at radius 1 is 0.794 bits per heavy atom. The number of benzene rings is 1. The van der Waals surface area contributed by atoms with Gasteiger partial charge in [0, 0.05) is 12.2 Å². The van der Waals surface area contributed by atoms with E-state index in [0.717, 1.165) is 18.2 Å². The number of hydrogen-bond acceptors (Lipinski definition) is 6. The third-order valence-electron chi connectivity index (χ3n) is 4.83. The van der Waals surface area contributed by atoms with Gasteiger partial charge in [-0.25, -0.2) is 4.98 Å². The quantitative estimate of drug-likeness (QED) is 0.328. The fourth-order valence-electron chi connectivity index (χ4n) is 3.27. The molecule has 0 atom stereocenters. The molecule has 0 saturated heterocycles. The Hall–Kier alpha value is -3.70. The fraction of sp³-hybridized carbons (Fsp3) is 0.273. The summed E-state index contributed by atoms with van der Waals surface area (Å²) >= 11 is 0. The Kier molecular flexibility index (Phi) is 6.40. The SMILES string of the molecule is FC(F)(F)c1cc2cc(c1)Nc1nc(nc(-c3cccc(C(F)(F)F)n3)n1)NCCC/C=C/C2. The standard InChI is InChI=1S/C22H18F6N6/c23-21(24,25)14-10-13-6-3-1-2-4-9-29-19-32-18(33-20(34-19)30-15(11-13)12-14)16-7-5-8-17(31-16)22(26,27)28/h1,3,5,7-8,10-12H,2,4,6,9H2,(H2,29,30,32,33,34)/b3-1+. The molecule has 4 rings (SSSR count). The highest BCUT2D eigenvalue weighted by atomic mass is 19.4. The molecule has 34 heavy (non-hydrogen) atoms. The second kappa shape index (κ2) is 9.27. The van der Waals surface area contributed by atoms with E-state index < -0.39 is 23.6 Å². The van der Waals surface area contributed by atoms with Crippen molar-refractivity contribution in [3.8, 4) is 11.5 Å². The van der Waals surface area contributed by atoms with Crippen LogP contribution in [0, 0.1) is 0 Å². The van der Waals surface area contributed by atoms with Crippen LogP contribution in [-0.4, -0.2) is 26.5 Å². The predicted molar refractivity (Wildman–Crippen MR) is 113 cm³/mol. The molecule has 1 aromatic carbocycles. The second-order valence-corrected chi connectivity index (χ2v) is 7.50. The first-order valence-corrected chi connectivity index (χ1v) is 10.3. The van der Waals surface area contributed by atoms with E-state index in [4.69, 9.17) is 0 Å². The summed E-state index contributed by atoms with van der Waals surface area (Å²) in [5.74, 6) is -0.241. The lowest BCUT2D eigenvalue weighted by molar-refractivity contribution is -0.141. The van der Waals surface area contributed by atoms with Crippen molar-refractivity contribution in [2.45, 2.75) is 31.6 Å². The highest BCUT2D eigenvalue weighted by Crippen LogP contribution is 2.33. The van der Waals surface area contributed by atoms with Crippen molar-refractivity contribution in [1.82, 2.24) is 19.9 Å². The molecule has 0 spiro atoms. The molecule has 12 heteroatoms. The Morgan fingerprint density at radius 2 is 1.59 bits per heavy atom. The van der Waals surface area contributed by atoms with Crippen LogP contribution in [0.4, 0.5) is 43.9 Å². The molecule has 178 valence electrons.